The molecule has 0 fully saturated rings. The minimum atomic E-state index is 0. The molecule has 0 radical (unpaired) electrons. The molecule has 4 rings (SSSR count). The predicted octanol–water partition coefficient (Wildman–Crippen LogP) is 8.68. The molecule has 0 saturated carbocycles. The molecule has 0 N–H and O–H groups in total. The van der Waals surface area contributed by atoms with E-state index in [2.05, 4.69) is 4.89 Å². The van der Waals surface area contributed by atoms with Crippen LogP contribution < -0.4 is 14.2 Å². The van der Waals surface area contributed by atoms with Crippen molar-refractivity contribution in [2.75, 3.05) is 48.3 Å². The third-order valence-corrected chi connectivity index (χ3v) is 9.39. The fourth-order valence-electron chi connectivity index (χ4n) is 4.29. The molecule has 13 heteroatoms. The number of hydrogen-bond acceptors (Lipinski definition) is 10. The van der Waals surface area contributed by atoms with E-state index in [-0.39, 0.29) is 16.5 Å². The van der Waals surface area contributed by atoms with Gasteiger partial charge in [-0.2, -0.15) is 19.6 Å². The van der Waals surface area contributed by atoms with E-state index >= 15 is 0 Å². The molecule has 0 spiro atoms. The molecular formula is C36H34Cl2NiO6S4-4. The van der Waals surface area contributed by atoms with Crippen molar-refractivity contribution >= 4 is 93.3 Å². The van der Waals surface area contributed by atoms with Crippen molar-refractivity contribution in [2.45, 2.75) is 6.42 Å². The fourth-order valence-corrected chi connectivity index (χ4v) is 5.93. The summed E-state index contributed by atoms with van der Waals surface area (Å²) in [6.07, 6.45) is 0.666. The topological polar surface area (TPSA) is 55.4 Å². The van der Waals surface area contributed by atoms with Gasteiger partial charge in [0, 0.05) is 40.1 Å². The van der Waals surface area contributed by atoms with Crippen molar-refractivity contribution in [3.63, 3.8) is 0 Å². The summed E-state index contributed by atoms with van der Waals surface area (Å²) in [5, 5.41) is 1.17. The number of halogens is 2. The molecule has 6 nitrogen and oxygen atoms in total. The fraction of sp³-hybridized carbons (Fsp3) is 0.222. The molecule has 0 unspecified atom stereocenters. The van der Waals surface area contributed by atoms with Gasteiger partial charge in [-0.3, -0.25) is 0 Å². The number of hydrogen-bond donors (Lipinski definition) is 0. The van der Waals surface area contributed by atoms with Gasteiger partial charge in [-0.05, 0) is 58.1 Å². The summed E-state index contributed by atoms with van der Waals surface area (Å²) in [4.78, 5) is 11.7. The molecular weight excluding hydrogens is 786 g/mol. The van der Waals surface area contributed by atoms with Gasteiger partial charge in [0.1, 0.15) is 12.4 Å². The van der Waals surface area contributed by atoms with Crippen LogP contribution in [0.25, 0.3) is 19.6 Å². The Balaban J connectivity index is 0.000000333. The van der Waals surface area contributed by atoms with Crippen molar-refractivity contribution in [3.05, 3.63) is 123 Å². The van der Waals surface area contributed by atoms with Gasteiger partial charge < -0.3 is 69.5 Å². The van der Waals surface area contributed by atoms with Crippen LogP contribution in [0.2, 0.25) is 10.0 Å². The zero-order valence-electron chi connectivity index (χ0n) is 27.1. The van der Waals surface area contributed by atoms with E-state index in [0.717, 1.165) is 33.6 Å². The van der Waals surface area contributed by atoms with Crippen molar-refractivity contribution in [1.29, 1.82) is 0 Å². The van der Waals surface area contributed by atoms with Crippen LogP contribution in [0.1, 0.15) is 27.8 Å². The van der Waals surface area contributed by atoms with E-state index in [1.165, 1.54) is 7.11 Å². The Labute approximate surface area is 330 Å². The van der Waals surface area contributed by atoms with Crippen molar-refractivity contribution in [3.8, 4) is 17.2 Å². The van der Waals surface area contributed by atoms with Crippen LogP contribution in [0.5, 0.6) is 17.2 Å². The average Bonchev–Trinajstić information content (AvgIpc) is 3.11. The minimum absolute atomic E-state index is 0. The van der Waals surface area contributed by atoms with Crippen molar-refractivity contribution in [2.24, 2.45) is 0 Å². The van der Waals surface area contributed by atoms with Crippen LogP contribution in [0.15, 0.2) is 84.9 Å². The molecule has 0 atom stereocenters. The number of benzene rings is 4. The maximum atomic E-state index is 6.21. The summed E-state index contributed by atoms with van der Waals surface area (Å²) in [5.41, 5.74) is 4.12. The first kappa shape index (κ1) is 42.8. The molecule has 0 aliphatic carbocycles. The predicted molar refractivity (Wildman–Crippen MR) is 206 cm³/mol. The molecule has 4 aromatic carbocycles. The first-order valence-corrected chi connectivity index (χ1v) is 16.8. The van der Waals surface area contributed by atoms with Crippen molar-refractivity contribution in [1.82, 2.24) is 0 Å². The molecule has 0 bridgehead atoms. The maximum Gasteiger partial charge on any atom is 0.161 e. The summed E-state index contributed by atoms with van der Waals surface area (Å²) < 4.78 is 21.4. The second-order valence-corrected chi connectivity index (χ2v) is 12.2. The zero-order valence-corrected chi connectivity index (χ0v) is 32.8. The van der Waals surface area contributed by atoms with Gasteiger partial charge in [-0.1, -0.05) is 77.8 Å². The van der Waals surface area contributed by atoms with Gasteiger partial charge in [0.15, 0.2) is 11.5 Å². The van der Waals surface area contributed by atoms with Gasteiger partial charge >= 0.3 is 0 Å². The molecule has 266 valence electrons. The van der Waals surface area contributed by atoms with Crippen LogP contribution in [0.4, 0.5) is 0 Å². The molecule has 0 aromatic heterocycles. The van der Waals surface area contributed by atoms with Gasteiger partial charge in [-0.15, -0.1) is 0 Å². The Bertz CT molecular complexity index is 1600. The minimum Gasteiger partial charge on any atom is -0.780 e. The number of methoxy groups -OCH3 is 3. The van der Waals surface area contributed by atoms with Gasteiger partial charge in [0.2, 0.25) is 0 Å². The smallest absolute Gasteiger partial charge is 0.161 e. The molecule has 0 heterocycles. The third-order valence-electron chi connectivity index (χ3n) is 6.74. The van der Waals surface area contributed by atoms with Crippen molar-refractivity contribution < 1.29 is 45.2 Å². The largest absolute Gasteiger partial charge is 0.780 e. The third kappa shape index (κ3) is 12.4. The van der Waals surface area contributed by atoms with Crippen LogP contribution in [0.3, 0.4) is 0 Å². The summed E-state index contributed by atoms with van der Waals surface area (Å²) in [6, 6.07) is 26.0. The first-order chi connectivity index (χ1) is 23.2. The second-order valence-electron chi connectivity index (χ2n) is 9.75. The van der Waals surface area contributed by atoms with Gasteiger partial charge in [0.25, 0.3) is 0 Å². The Hall–Kier alpha value is -2.41. The molecule has 0 saturated heterocycles. The molecule has 0 aliphatic rings. The Morgan fingerprint density at radius 2 is 1.08 bits per heavy atom. The van der Waals surface area contributed by atoms with Gasteiger partial charge in [0.05, 0.1) is 34.5 Å². The second kappa shape index (κ2) is 22.4. The molecule has 0 amide bonds. The van der Waals surface area contributed by atoms with E-state index in [1.54, 1.807) is 33.5 Å². The maximum absolute atomic E-state index is 6.21. The standard InChI is InChI=1S/2C18H19ClO3S2.Ni/c1-20-9-10-22-15-8-7-12(11-16(15)21-2)17(23)18(24)13-5-3-4-6-14(13)19;1-20-16-11-13(8-7-12(16)9-10-22-21-2)17(23)18(24)14-5-3-4-6-15(14)19;/h2*3-8,11,23-24H,9-10H2,1-2H3;/p-4/b2*18-17-;. The Morgan fingerprint density at radius 3 is 1.57 bits per heavy atom. The zero-order chi connectivity index (χ0) is 35.1. The summed E-state index contributed by atoms with van der Waals surface area (Å²) in [6.45, 7) is 1.38. The van der Waals surface area contributed by atoms with Crippen LogP contribution in [0, 0.1) is 0 Å². The van der Waals surface area contributed by atoms with E-state index in [1.807, 2.05) is 72.8 Å². The summed E-state index contributed by atoms with van der Waals surface area (Å²) >= 11 is 34.5. The normalized spacial score (nSPS) is 11.6. The van der Waals surface area contributed by atoms with E-state index in [4.69, 9.17) is 97.6 Å². The van der Waals surface area contributed by atoms with Crippen LogP contribution >= 0.6 is 23.2 Å². The van der Waals surface area contributed by atoms with Crippen LogP contribution in [-0.2, 0) is 87.9 Å². The summed E-state index contributed by atoms with van der Waals surface area (Å²) in [7, 11) is 6.30. The average molecular weight is 821 g/mol. The first-order valence-electron chi connectivity index (χ1n) is 14.5. The molecule has 4 aromatic rings. The SMILES string of the molecule is COCCOc1ccc(/C([S-])=C(/[S-])c2ccccc2Cl)cc1OC.COOCCc1ccc(/C([S-])=C(/[S-])c2ccccc2Cl)cc1OC.[Ni]. The molecule has 49 heavy (non-hydrogen) atoms. The monoisotopic (exact) mass is 818 g/mol. The quantitative estimate of drug-likeness (QED) is 0.0309. The molecule has 0 aliphatic heterocycles. The summed E-state index contributed by atoms with van der Waals surface area (Å²) in [5.74, 6) is 1.95. The van der Waals surface area contributed by atoms with Gasteiger partial charge in [-0.25, -0.2) is 9.78 Å². The number of rotatable bonds is 14. The van der Waals surface area contributed by atoms with E-state index < -0.39 is 0 Å². The van der Waals surface area contributed by atoms with E-state index in [0.29, 0.717) is 67.4 Å². The Morgan fingerprint density at radius 1 is 0.571 bits per heavy atom. The van der Waals surface area contributed by atoms with E-state index in [9.17, 15) is 0 Å². The van der Waals surface area contributed by atoms with Crippen LogP contribution in [-0.4, -0.2) is 48.3 Å². The Kier molecular flexibility index (Phi) is 19.6. The number of ether oxygens (including phenoxy) is 4.